The smallest absolute Gasteiger partial charge is 0.324 e. The molecule has 0 saturated carbocycles. The molecule has 0 unspecified atom stereocenters. The van der Waals surface area contributed by atoms with Gasteiger partial charge in [-0.2, -0.15) is 4.98 Å². The Morgan fingerprint density at radius 3 is 2.58 bits per heavy atom. The summed E-state index contributed by atoms with van der Waals surface area (Å²) in [4.78, 5) is 23.4. The van der Waals surface area contributed by atoms with Gasteiger partial charge in [0.25, 0.3) is 0 Å². The molecule has 1 aromatic carbocycles. The number of aryl methyl sites for hydroxylation is 1. The van der Waals surface area contributed by atoms with Gasteiger partial charge in [0.2, 0.25) is 11.7 Å². The van der Waals surface area contributed by atoms with Crippen molar-refractivity contribution in [2.45, 2.75) is 19.8 Å². The van der Waals surface area contributed by atoms with Crippen molar-refractivity contribution in [2.75, 3.05) is 37.5 Å². The summed E-state index contributed by atoms with van der Waals surface area (Å²) in [6, 6.07) is 11.5. The average molecular weight is 423 g/mol. The van der Waals surface area contributed by atoms with E-state index in [-0.39, 0.29) is 11.8 Å². The number of carbonyl (C=O) groups is 1. The van der Waals surface area contributed by atoms with Gasteiger partial charge in [-0.3, -0.25) is 4.79 Å². The number of hydrogen-bond donors (Lipinski definition) is 1. The second-order valence-electron chi connectivity index (χ2n) is 7.39. The molecule has 3 aromatic rings. The number of hydrogen-bond acceptors (Lipinski definition) is 8. The van der Waals surface area contributed by atoms with Gasteiger partial charge in [0.05, 0.1) is 14.2 Å². The van der Waals surface area contributed by atoms with Crippen LogP contribution in [0.3, 0.4) is 0 Å². The number of aromatic nitrogens is 3. The summed E-state index contributed by atoms with van der Waals surface area (Å²) >= 11 is 0. The van der Waals surface area contributed by atoms with E-state index in [0.29, 0.717) is 55.1 Å². The summed E-state index contributed by atoms with van der Waals surface area (Å²) in [6.45, 7) is 3.22. The summed E-state index contributed by atoms with van der Waals surface area (Å²) in [5.74, 6) is 2.21. The number of piperidine rings is 1. The third-order valence-corrected chi connectivity index (χ3v) is 5.33. The van der Waals surface area contributed by atoms with E-state index in [2.05, 4.69) is 20.4 Å². The monoisotopic (exact) mass is 423 g/mol. The first-order valence-electron chi connectivity index (χ1n) is 10.1. The molecule has 4 rings (SSSR count). The topological polar surface area (TPSA) is 103 Å². The van der Waals surface area contributed by atoms with Gasteiger partial charge < -0.3 is 24.2 Å². The van der Waals surface area contributed by atoms with Crippen LogP contribution in [-0.4, -0.2) is 48.3 Å². The maximum Gasteiger partial charge on any atom is 0.324 e. The molecule has 1 aliphatic rings. The molecule has 1 aliphatic heterocycles. The van der Waals surface area contributed by atoms with E-state index in [9.17, 15) is 4.79 Å². The molecule has 31 heavy (non-hydrogen) atoms. The first kappa shape index (κ1) is 20.6. The molecule has 1 N–H and O–H groups in total. The second kappa shape index (κ2) is 9.03. The molecule has 9 nitrogen and oxygen atoms in total. The fourth-order valence-corrected chi connectivity index (χ4v) is 3.61. The standard InChI is InChI=1S/C22H25N5O4/c1-14-5-4-6-19(23-14)24-21(28)15-9-11-27(12-10-15)22-25-20(26-31-22)16-7-8-17(29-2)18(13-16)30-3/h4-8,13,15H,9-12H2,1-3H3,(H,23,24,28). The molecule has 1 amide bonds. The van der Waals surface area contributed by atoms with E-state index < -0.39 is 0 Å². The lowest BCUT2D eigenvalue weighted by Gasteiger charge is -2.29. The number of amides is 1. The fraction of sp³-hybridized carbons (Fsp3) is 0.364. The van der Waals surface area contributed by atoms with Crippen LogP contribution in [0.1, 0.15) is 18.5 Å². The number of nitrogens with one attached hydrogen (secondary N) is 1. The molecule has 0 radical (unpaired) electrons. The quantitative estimate of drug-likeness (QED) is 0.644. The summed E-state index contributed by atoms with van der Waals surface area (Å²) in [7, 11) is 3.17. The first-order valence-corrected chi connectivity index (χ1v) is 10.1. The lowest BCUT2D eigenvalue weighted by molar-refractivity contribution is -0.120. The van der Waals surface area contributed by atoms with E-state index in [4.69, 9.17) is 14.0 Å². The molecule has 0 atom stereocenters. The van der Waals surface area contributed by atoms with E-state index in [1.54, 1.807) is 26.4 Å². The Hall–Kier alpha value is -3.62. The summed E-state index contributed by atoms with van der Waals surface area (Å²) < 4.78 is 16.1. The van der Waals surface area contributed by atoms with Gasteiger partial charge in [-0.1, -0.05) is 11.2 Å². The Bertz CT molecular complexity index is 1060. The van der Waals surface area contributed by atoms with Crippen molar-refractivity contribution in [1.82, 2.24) is 15.1 Å². The molecule has 3 heterocycles. The van der Waals surface area contributed by atoms with Gasteiger partial charge in [-0.05, 0) is 50.1 Å². The Kier molecular flexibility index (Phi) is 6.01. The minimum atomic E-state index is -0.0770. The van der Waals surface area contributed by atoms with Crippen LogP contribution in [0.5, 0.6) is 11.5 Å². The number of carbonyl (C=O) groups excluding carboxylic acids is 1. The summed E-state index contributed by atoms with van der Waals surface area (Å²) in [5, 5.41) is 7.01. The van der Waals surface area contributed by atoms with Crippen LogP contribution >= 0.6 is 0 Å². The summed E-state index contributed by atoms with van der Waals surface area (Å²) in [6.07, 6.45) is 1.40. The van der Waals surface area contributed by atoms with Crippen molar-refractivity contribution < 1.29 is 18.8 Å². The van der Waals surface area contributed by atoms with Crippen LogP contribution in [-0.2, 0) is 4.79 Å². The Morgan fingerprint density at radius 2 is 1.87 bits per heavy atom. The molecular weight excluding hydrogens is 398 g/mol. The largest absolute Gasteiger partial charge is 0.493 e. The molecule has 0 aliphatic carbocycles. The Balaban J connectivity index is 1.37. The number of anilines is 2. The van der Waals surface area contributed by atoms with Crippen molar-refractivity contribution in [3.05, 3.63) is 42.1 Å². The lowest BCUT2D eigenvalue weighted by atomic mass is 9.96. The maximum absolute atomic E-state index is 12.6. The predicted octanol–water partition coefficient (Wildman–Crippen LogP) is 3.31. The number of rotatable bonds is 6. The minimum absolute atomic E-state index is 0.00528. The highest BCUT2D eigenvalue weighted by Gasteiger charge is 2.28. The molecule has 9 heteroatoms. The molecular formula is C22H25N5O4. The van der Waals surface area contributed by atoms with Gasteiger partial charge >= 0.3 is 6.01 Å². The van der Waals surface area contributed by atoms with Gasteiger partial charge in [0.15, 0.2) is 11.5 Å². The zero-order valence-electron chi connectivity index (χ0n) is 17.8. The highest BCUT2D eigenvalue weighted by molar-refractivity contribution is 5.91. The number of ether oxygens (including phenoxy) is 2. The first-order chi connectivity index (χ1) is 15.1. The normalized spacial score (nSPS) is 14.4. The zero-order valence-corrected chi connectivity index (χ0v) is 17.8. The van der Waals surface area contributed by atoms with Gasteiger partial charge in [0.1, 0.15) is 5.82 Å². The van der Waals surface area contributed by atoms with E-state index in [0.717, 1.165) is 11.3 Å². The summed E-state index contributed by atoms with van der Waals surface area (Å²) in [5.41, 5.74) is 1.64. The average Bonchev–Trinajstić information content (AvgIpc) is 3.29. The number of nitrogens with zero attached hydrogens (tertiary/aromatic N) is 4. The van der Waals surface area contributed by atoms with E-state index in [1.807, 2.05) is 36.1 Å². The third kappa shape index (κ3) is 4.60. The predicted molar refractivity (Wildman–Crippen MR) is 115 cm³/mol. The molecule has 2 aromatic heterocycles. The van der Waals surface area contributed by atoms with Crippen LogP contribution in [0.4, 0.5) is 11.8 Å². The molecule has 162 valence electrons. The van der Waals surface area contributed by atoms with Crippen LogP contribution in [0.2, 0.25) is 0 Å². The van der Waals surface area contributed by atoms with Gasteiger partial charge in [-0.15, -0.1) is 0 Å². The Morgan fingerprint density at radius 1 is 1.10 bits per heavy atom. The fourth-order valence-electron chi connectivity index (χ4n) is 3.61. The van der Waals surface area contributed by atoms with Gasteiger partial charge in [-0.25, -0.2) is 4.98 Å². The van der Waals surface area contributed by atoms with Crippen molar-refractivity contribution in [3.8, 4) is 22.9 Å². The highest BCUT2D eigenvalue weighted by Crippen LogP contribution is 2.32. The van der Waals surface area contributed by atoms with Crippen molar-refractivity contribution in [2.24, 2.45) is 5.92 Å². The van der Waals surface area contributed by atoms with E-state index in [1.165, 1.54) is 0 Å². The lowest BCUT2D eigenvalue weighted by Crippen LogP contribution is -2.38. The molecule has 1 fully saturated rings. The minimum Gasteiger partial charge on any atom is -0.493 e. The maximum atomic E-state index is 12.6. The van der Waals surface area contributed by atoms with Crippen molar-refractivity contribution >= 4 is 17.7 Å². The molecule has 0 bridgehead atoms. The number of pyridine rings is 1. The highest BCUT2D eigenvalue weighted by atomic mass is 16.5. The zero-order chi connectivity index (χ0) is 21.8. The van der Waals surface area contributed by atoms with Crippen LogP contribution < -0.4 is 19.7 Å². The van der Waals surface area contributed by atoms with Crippen LogP contribution in [0.25, 0.3) is 11.4 Å². The number of benzene rings is 1. The van der Waals surface area contributed by atoms with Gasteiger partial charge in [0, 0.05) is 30.3 Å². The number of methoxy groups -OCH3 is 2. The van der Waals surface area contributed by atoms with Crippen molar-refractivity contribution in [1.29, 1.82) is 0 Å². The third-order valence-electron chi connectivity index (χ3n) is 5.33. The second-order valence-corrected chi connectivity index (χ2v) is 7.39. The van der Waals surface area contributed by atoms with Crippen molar-refractivity contribution in [3.63, 3.8) is 0 Å². The van der Waals surface area contributed by atoms with E-state index >= 15 is 0 Å². The molecule has 0 spiro atoms. The van der Waals surface area contributed by atoms with Crippen LogP contribution in [0.15, 0.2) is 40.9 Å². The Labute approximate surface area is 180 Å². The molecule has 1 saturated heterocycles. The SMILES string of the molecule is COc1ccc(-c2noc(N3CCC(C(=O)Nc4cccc(C)n4)CC3)n2)cc1OC. The van der Waals surface area contributed by atoms with Crippen LogP contribution in [0, 0.1) is 12.8 Å².